The van der Waals surface area contributed by atoms with Crippen molar-refractivity contribution in [2.45, 2.75) is 52.0 Å². The van der Waals surface area contributed by atoms with Crippen molar-refractivity contribution in [3.63, 3.8) is 0 Å². The molecule has 2 unspecified atom stereocenters. The third kappa shape index (κ3) is 3.48. The first-order chi connectivity index (χ1) is 9.05. The van der Waals surface area contributed by atoms with Gasteiger partial charge in [0, 0.05) is 12.6 Å². The van der Waals surface area contributed by atoms with Gasteiger partial charge < -0.3 is 10.0 Å². The smallest absolute Gasteiger partial charge is 0.310 e. The largest absolute Gasteiger partial charge is 0.481 e. The Bertz CT molecular complexity index is 321. The maximum absolute atomic E-state index is 11.3. The standard InChI is InChI=1S/C15H28N2O2/c1-3-8-16-9-4-5-13(6-10-16)17-11-7-15(2,12-17)14(18)19/h13H,3-12H2,1-2H3,(H,18,19). The molecule has 0 saturated carbocycles. The lowest BCUT2D eigenvalue weighted by Crippen LogP contribution is -2.38. The number of aliphatic carboxylic acids is 1. The van der Waals surface area contributed by atoms with Gasteiger partial charge in [0.05, 0.1) is 5.41 Å². The molecule has 0 aromatic rings. The van der Waals surface area contributed by atoms with Gasteiger partial charge in [0.25, 0.3) is 0 Å². The van der Waals surface area contributed by atoms with E-state index in [0.717, 1.165) is 19.5 Å². The molecule has 0 aliphatic carbocycles. The molecular weight excluding hydrogens is 240 g/mol. The van der Waals surface area contributed by atoms with Crippen molar-refractivity contribution in [2.75, 3.05) is 32.7 Å². The molecule has 19 heavy (non-hydrogen) atoms. The fourth-order valence-electron chi connectivity index (χ4n) is 3.53. The molecule has 0 amide bonds. The van der Waals surface area contributed by atoms with E-state index >= 15 is 0 Å². The molecule has 0 aromatic carbocycles. The Balaban J connectivity index is 1.88. The minimum Gasteiger partial charge on any atom is -0.481 e. The lowest BCUT2D eigenvalue weighted by molar-refractivity contribution is -0.147. The summed E-state index contributed by atoms with van der Waals surface area (Å²) in [5.41, 5.74) is -0.518. The highest BCUT2D eigenvalue weighted by molar-refractivity contribution is 5.74. The van der Waals surface area contributed by atoms with Gasteiger partial charge in [0.2, 0.25) is 0 Å². The third-order valence-corrected chi connectivity index (χ3v) is 4.87. The van der Waals surface area contributed by atoms with Crippen LogP contribution in [0.3, 0.4) is 0 Å². The van der Waals surface area contributed by atoms with Crippen molar-refractivity contribution < 1.29 is 9.90 Å². The summed E-state index contributed by atoms with van der Waals surface area (Å²) in [6.45, 7) is 9.44. The summed E-state index contributed by atoms with van der Waals surface area (Å²) in [7, 11) is 0. The maximum atomic E-state index is 11.3. The van der Waals surface area contributed by atoms with E-state index in [2.05, 4.69) is 16.7 Å². The van der Waals surface area contributed by atoms with Crippen LogP contribution in [0.5, 0.6) is 0 Å². The second kappa shape index (κ2) is 6.23. The van der Waals surface area contributed by atoms with Crippen molar-refractivity contribution in [3.05, 3.63) is 0 Å². The fourth-order valence-corrected chi connectivity index (χ4v) is 3.53. The zero-order valence-electron chi connectivity index (χ0n) is 12.4. The predicted octanol–water partition coefficient (Wildman–Crippen LogP) is 2.05. The summed E-state index contributed by atoms with van der Waals surface area (Å²) >= 11 is 0. The number of hydrogen-bond acceptors (Lipinski definition) is 3. The number of carboxylic acids is 1. The van der Waals surface area contributed by atoms with Gasteiger partial charge in [-0.25, -0.2) is 0 Å². The van der Waals surface area contributed by atoms with E-state index in [4.69, 9.17) is 0 Å². The molecule has 0 bridgehead atoms. The van der Waals surface area contributed by atoms with Crippen LogP contribution in [0.1, 0.15) is 46.0 Å². The third-order valence-electron chi connectivity index (χ3n) is 4.87. The number of carbonyl (C=O) groups is 1. The van der Waals surface area contributed by atoms with Crippen molar-refractivity contribution in [2.24, 2.45) is 5.41 Å². The Labute approximate surface area is 116 Å². The van der Waals surface area contributed by atoms with Gasteiger partial charge in [-0.3, -0.25) is 9.69 Å². The van der Waals surface area contributed by atoms with Gasteiger partial charge in [-0.15, -0.1) is 0 Å². The molecule has 4 heteroatoms. The molecule has 2 saturated heterocycles. The summed E-state index contributed by atoms with van der Waals surface area (Å²) in [5, 5.41) is 9.32. The van der Waals surface area contributed by atoms with E-state index in [1.165, 1.54) is 45.3 Å². The highest BCUT2D eigenvalue weighted by atomic mass is 16.4. The Morgan fingerprint density at radius 2 is 2.11 bits per heavy atom. The number of nitrogens with zero attached hydrogens (tertiary/aromatic N) is 2. The maximum Gasteiger partial charge on any atom is 0.310 e. The number of carboxylic acid groups (broad SMARTS) is 1. The first-order valence-corrected chi connectivity index (χ1v) is 7.75. The highest BCUT2D eigenvalue weighted by Gasteiger charge is 2.42. The van der Waals surface area contributed by atoms with Gasteiger partial charge in [0.15, 0.2) is 0 Å². The lowest BCUT2D eigenvalue weighted by atomic mass is 9.90. The minimum absolute atomic E-state index is 0.518. The first kappa shape index (κ1) is 14.8. The van der Waals surface area contributed by atoms with Crippen LogP contribution in [-0.2, 0) is 4.79 Å². The molecule has 2 rings (SSSR count). The molecule has 2 atom stereocenters. The molecule has 0 aromatic heterocycles. The Morgan fingerprint density at radius 1 is 1.32 bits per heavy atom. The quantitative estimate of drug-likeness (QED) is 0.847. The summed E-state index contributed by atoms with van der Waals surface area (Å²) < 4.78 is 0. The number of hydrogen-bond donors (Lipinski definition) is 1. The van der Waals surface area contributed by atoms with Gasteiger partial charge >= 0.3 is 5.97 Å². The van der Waals surface area contributed by atoms with Crippen LogP contribution in [0, 0.1) is 5.41 Å². The minimum atomic E-state index is -0.628. The first-order valence-electron chi connectivity index (χ1n) is 7.75. The van der Waals surface area contributed by atoms with Crippen molar-refractivity contribution in [1.29, 1.82) is 0 Å². The van der Waals surface area contributed by atoms with Crippen LogP contribution in [0.2, 0.25) is 0 Å². The average Bonchev–Trinajstić information content (AvgIpc) is 2.63. The van der Waals surface area contributed by atoms with E-state index in [1.54, 1.807) is 0 Å². The van der Waals surface area contributed by atoms with Crippen LogP contribution >= 0.6 is 0 Å². The van der Waals surface area contributed by atoms with Crippen molar-refractivity contribution >= 4 is 5.97 Å². The molecule has 0 radical (unpaired) electrons. The monoisotopic (exact) mass is 268 g/mol. The molecule has 110 valence electrons. The number of likely N-dealkylation sites (tertiary alicyclic amines) is 2. The second-order valence-electron chi connectivity index (χ2n) is 6.51. The molecule has 1 N–H and O–H groups in total. The van der Waals surface area contributed by atoms with Crippen LogP contribution in [0.4, 0.5) is 0 Å². The predicted molar refractivity (Wildman–Crippen MR) is 76.3 cm³/mol. The average molecular weight is 268 g/mol. The molecular formula is C15H28N2O2. The van der Waals surface area contributed by atoms with E-state index in [1.807, 2.05) is 6.92 Å². The Kier molecular flexibility index (Phi) is 4.85. The second-order valence-corrected chi connectivity index (χ2v) is 6.51. The summed E-state index contributed by atoms with van der Waals surface area (Å²) in [4.78, 5) is 16.3. The Morgan fingerprint density at radius 3 is 2.74 bits per heavy atom. The fraction of sp³-hybridized carbons (Fsp3) is 0.933. The van der Waals surface area contributed by atoms with E-state index in [-0.39, 0.29) is 0 Å². The van der Waals surface area contributed by atoms with Gasteiger partial charge in [0.1, 0.15) is 0 Å². The molecule has 2 aliphatic rings. The van der Waals surface area contributed by atoms with Crippen LogP contribution in [0.25, 0.3) is 0 Å². The molecule has 2 fully saturated rings. The van der Waals surface area contributed by atoms with E-state index in [0.29, 0.717) is 6.04 Å². The molecule has 4 nitrogen and oxygen atoms in total. The van der Waals surface area contributed by atoms with Crippen LogP contribution in [0.15, 0.2) is 0 Å². The summed E-state index contributed by atoms with van der Waals surface area (Å²) in [5.74, 6) is -0.628. The zero-order chi connectivity index (χ0) is 13.9. The van der Waals surface area contributed by atoms with Crippen LogP contribution in [-0.4, -0.2) is 59.6 Å². The normalized spacial score (nSPS) is 34.3. The zero-order valence-corrected chi connectivity index (χ0v) is 12.4. The Hall–Kier alpha value is -0.610. The van der Waals surface area contributed by atoms with Gasteiger partial charge in [-0.05, 0) is 65.2 Å². The lowest BCUT2D eigenvalue weighted by Gasteiger charge is -2.28. The molecule has 2 aliphatic heterocycles. The van der Waals surface area contributed by atoms with Crippen LogP contribution < -0.4 is 0 Å². The van der Waals surface area contributed by atoms with Gasteiger partial charge in [-0.2, -0.15) is 0 Å². The summed E-state index contributed by atoms with van der Waals surface area (Å²) in [6.07, 6.45) is 5.72. The molecule has 2 heterocycles. The summed E-state index contributed by atoms with van der Waals surface area (Å²) in [6, 6.07) is 0.600. The van der Waals surface area contributed by atoms with E-state index < -0.39 is 11.4 Å². The van der Waals surface area contributed by atoms with E-state index in [9.17, 15) is 9.90 Å². The van der Waals surface area contributed by atoms with Gasteiger partial charge in [-0.1, -0.05) is 6.92 Å². The number of rotatable bonds is 4. The van der Waals surface area contributed by atoms with Crippen molar-refractivity contribution in [1.82, 2.24) is 9.80 Å². The topological polar surface area (TPSA) is 43.8 Å². The highest BCUT2D eigenvalue weighted by Crippen LogP contribution is 2.33. The SMILES string of the molecule is CCCN1CCCC(N2CCC(C)(C(=O)O)C2)CC1. The molecule has 0 spiro atoms. The van der Waals surface area contributed by atoms with Crippen molar-refractivity contribution in [3.8, 4) is 0 Å².